The van der Waals surface area contributed by atoms with Crippen molar-refractivity contribution in [3.05, 3.63) is 58.2 Å². The number of hydrogen-bond acceptors (Lipinski definition) is 5. The summed E-state index contributed by atoms with van der Waals surface area (Å²) in [4.78, 5) is 17.2. The van der Waals surface area contributed by atoms with E-state index >= 15 is 0 Å². The average Bonchev–Trinajstić information content (AvgIpc) is 3.26. The fourth-order valence-corrected chi connectivity index (χ4v) is 3.88. The van der Waals surface area contributed by atoms with Crippen LogP contribution < -0.4 is 5.32 Å². The Bertz CT molecular complexity index is 1040. The molecule has 0 aliphatic heterocycles. The quantitative estimate of drug-likeness (QED) is 0.596. The summed E-state index contributed by atoms with van der Waals surface area (Å²) in [7, 11) is 0. The third-order valence-electron chi connectivity index (χ3n) is 3.36. The van der Waals surface area contributed by atoms with E-state index in [0.29, 0.717) is 21.3 Å². The number of anilines is 1. The summed E-state index contributed by atoms with van der Waals surface area (Å²) in [5.74, 6) is -0.0770. The van der Waals surface area contributed by atoms with Gasteiger partial charge in [0, 0.05) is 6.07 Å². The van der Waals surface area contributed by atoms with Crippen LogP contribution in [-0.4, -0.2) is 20.7 Å². The Labute approximate surface area is 144 Å². The predicted molar refractivity (Wildman–Crippen MR) is 93.7 cm³/mol. The van der Waals surface area contributed by atoms with Crippen LogP contribution >= 0.6 is 22.7 Å². The highest BCUT2D eigenvalue weighted by molar-refractivity contribution is 7.20. The maximum Gasteiger partial charge on any atom is 0.266 e. The first-order valence-corrected chi connectivity index (χ1v) is 8.78. The van der Waals surface area contributed by atoms with Gasteiger partial charge in [0.05, 0.1) is 15.3 Å². The summed E-state index contributed by atoms with van der Waals surface area (Å²) < 4.78 is 16.1. The van der Waals surface area contributed by atoms with Gasteiger partial charge in [0.1, 0.15) is 17.2 Å². The molecule has 1 N–H and O–H groups in total. The summed E-state index contributed by atoms with van der Waals surface area (Å²) in [6.07, 6.45) is 0. The van der Waals surface area contributed by atoms with Gasteiger partial charge in [-0.05, 0) is 30.5 Å². The van der Waals surface area contributed by atoms with E-state index in [1.165, 1.54) is 33.4 Å². The molecule has 3 aromatic heterocycles. The van der Waals surface area contributed by atoms with Crippen molar-refractivity contribution in [2.75, 3.05) is 5.32 Å². The molecular weight excluding hydrogens is 347 g/mol. The van der Waals surface area contributed by atoms with Crippen molar-refractivity contribution in [3.63, 3.8) is 0 Å². The number of para-hydroxylation sites is 1. The fourth-order valence-electron chi connectivity index (χ4n) is 2.31. The molecule has 24 heavy (non-hydrogen) atoms. The van der Waals surface area contributed by atoms with E-state index in [0.717, 1.165) is 10.4 Å². The fraction of sp³-hybridized carbons (Fsp3) is 0.0625. The highest BCUT2D eigenvalue weighted by Gasteiger charge is 2.16. The zero-order valence-electron chi connectivity index (χ0n) is 12.5. The lowest BCUT2D eigenvalue weighted by Crippen LogP contribution is -2.13. The zero-order chi connectivity index (χ0) is 16.7. The number of aromatic nitrogens is 3. The summed E-state index contributed by atoms with van der Waals surface area (Å²) in [5.41, 5.74) is 1.04. The molecule has 0 spiro atoms. The maximum absolute atomic E-state index is 13.9. The van der Waals surface area contributed by atoms with Crippen molar-refractivity contribution >= 4 is 44.6 Å². The Balaban J connectivity index is 1.75. The second-order valence-corrected chi connectivity index (χ2v) is 7.05. The van der Waals surface area contributed by atoms with Crippen LogP contribution in [0, 0.1) is 12.7 Å². The van der Waals surface area contributed by atoms with Gasteiger partial charge in [0.25, 0.3) is 5.91 Å². The summed E-state index contributed by atoms with van der Waals surface area (Å²) in [6.45, 7) is 1.82. The van der Waals surface area contributed by atoms with Gasteiger partial charge in [-0.3, -0.25) is 4.79 Å². The molecule has 0 aliphatic carbocycles. The Morgan fingerprint density at radius 1 is 1.29 bits per heavy atom. The number of aryl methyl sites for hydroxylation is 1. The molecule has 0 aliphatic rings. The van der Waals surface area contributed by atoms with Gasteiger partial charge < -0.3 is 5.32 Å². The van der Waals surface area contributed by atoms with Crippen LogP contribution in [0.1, 0.15) is 15.4 Å². The van der Waals surface area contributed by atoms with E-state index in [2.05, 4.69) is 15.4 Å². The molecule has 4 aromatic rings. The van der Waals surface area contributed by atoms with Crippen molar-refractivity contribution in [2.45, 2.75) is 6.92 Å². The molecule has 5 nitrogen and oxygen atoms in total. The first-order valence-electron chi connectivity index (χ1n) is 7.09. The lowest BCUT2D eigenvalue weighted by atomic mass is 10.3. The SMILES string of the molecule is Cc1cc(NC(=O)c2cccs2)n(-c2nc3c(F)cccc3s2)n1. The molecule has 0 radical (unpaired) electrons. The second-order valence-electron chi connectivity index (χ2n) is 5.10. The molecule has 3 heterocycles. The van der Waals surface area contributed by atoms with E-state index in [1.807, 2.05) is 18.4 Å². The molecule has 0 saturated heterocycles. The van der Waals surface area contributed by atoms with Crippen LogP contribution in [0.4, 0.5) is 10.2 Å². The van der Waals surface area contributed by atoms with Crippen molar-refractivity contribution in [1.82, 2.24) is 14.8 Å². The van der Waals surface area contributed by atoms with Gasteiger partial charge in [0.2, 0.25) is 5.13 Å². The standard InChI is InChI=1S/C16H11FN4OS2/c1-9-8-13(18-15(22)12-6-3-7-23-12)21(20-9)16-19-14-10(17)4-2-5-11(14)24-16/h2-8H,1H3,(H,18,22). The Morgan fingerprint density at radius 3 is 2.92 bits per heavy atom. The predicted octanol–water partition coefficient (Wildman–Crippen LogP) is 4.24. The number of carbonyl (C=O) groups is 1. The third-order valence-corrected chi connectivity index (χ3v) is 5.22. The largest absolute Gasteiger partial charge is 0.306 e. The van der Waals surface area contributed by atoms with Crippen molar-refractivity contribution in [1.29, 1.82) is 0 Å². The Hall–Kier alpha value is -2.58. The molecule has 1 aromatic carbocycles. The van der Waals surface area contributed by atoms with Gasteiger partial charge >= 0.3 is 0 Å². The number of carbonyl (C=O) groups excluding carboxylic acids is 1. The van der Waals surface area contributed by atoms with Crippen LogP contribution in [0.2, 0.25) is 0 Å². The minimum atomic E-state index is -0.372. The molecule has 120 valence electrons. The van der Waals surface area contributed by atoms with E-state index in [-0.39, 0.29) is 11.7 Å². The molecule has 0 atom stereocenters. The van der Waals surface area contributed by atoms with E-state index in [4.69, 9.17) is 0 Å². The van der Waals surface area contributed by atoms with Crippen molar-refractivity contribution in [2.24, 2.45) is 0 Å². The van der Waals surface area contributed by atoms with E-state index in [9.17, 15) is 9.18 Å². The zero-order valence-corrected chi connectivity index (χ0v) is 14.1. The number of nitrogens with zero attached hydrogens (tertiary/aromatic N) is 3. The highest BCUT2D eigenvalue weighted by Crippen LogP contribution is 2.28. The third kappa shape index (κ3) is 2.59. The first-order chi connectivity index (χ1) is 11.6. The minimum absolute atomic E-state index is 0.210. The van der Waals surface area contributed by atoms with Crippen LogP contribution in [-0.2, 0) is 0 Å². The molecule has 0 bridgehead atoms. The number of thiazole rings is 1. The smallest absolute Gasteiger partial charge is 0.266 e. The average molecular weight is 358 g/mol. The maximum atomic E-state index is 13.9. The van der Waals surface area contributed by atoms with Crippen molar-refractivity contribution in [3.8, 4) is 5.13 Å². The molecule has 0 saturated carbocycles. The molecular formula is C16H11FN4OS2. The van der Waals surface area contributed by atoms with Gasteiger partial charge in [-0.25, -0.2) is 9.37 Å². The van der Waals surface area contributed by atoms with Crippen LogP contribution in [0.5, 0.6) is 0 Å². The van der Waals surface area contributed by atoms with E-state index in [1.54, 1.807) is 24.3 Å². The highest BCUT2D eigenvalue weighted by atomic mass is 32.1. The summed E-state index contributed by atoms with van der Waals surface area (Å²) >= 11 is 2.68. The van der Waals surface area contributed by atoms with Gasteiger partial charge in [-0.2, -0.15) is 9.78 Å². The number of hydrogen-bond donors (Lipinski definition) is 1. The van der Waals surface area contributed by atoms with Crippen LogP contribution in [0.25, 0.3) is 15.3 Å². The van der Waals surface area contributed by atoms with Crippen LogP contribution in [0.3, 0.4) is 0 Å². The lowest BCUT2D eigenvalue weighted by molar-refractivity contribution is 0.103. The number of halogens is 1. The number of fused-ring (bicyclic) bond motifs is 1. The number of rotatable bonds is 3. The minimum Gasteiger partial charge on any atom is -0.306 e. The molecule has 0 unspecified atom stereocenters. The topological polar surface area (TPSA) is 59.8 Å². The van der Waals surface area contributed by atoms with Crippen molar-refractivity contribution < 1.29 is 9.18 Å². The summed E-state index contributed by atoms with van der Waals surface area (Å²) in [5, 5.41) is 9.55. The van der Waals surface area contributed by atoms with E-state index < -0.39 is 0 Å². The van der Waals surface area contributed by atoms with Crippen LogP contribution in [0.15, 0.2) is 41.8 Å². The number of nitrogens with one attached hydrogen (secondary N) is 1. The Kier molecular flexibility index (Phi) is 3.62. The number of amides is 1. The molecule has 8 heteroatoms. The first kappa shape index (κ1) is 15.0. The normalized spacial score (nSPS) is 11.1. The van der Waals surface area contributed by atoms with Gasteiger partial charge in [-0.1, -0.05) is 23.5 Å². The number of benzene rings is 1. The Morgan fingerprint density at radius 2 is 2.17 bits per heavy atom. The van der Waals surface area contributed by atoms with Gasteiger partial charge in [0.15, 0.2) is 0 Å². The summed E-state index contributed by atoms with van der Waals surface area (Å²) in [6, 6.07) is 10.2. The monoisotopic (exact) mass is 358 g/mol. The number of thiophene rings is 1. The second kappa shape index (κ2) is 5.81. The molecule has 0 fully saturated rings. The lowest BCUT2D eigenvalue weighted by Gasteiger charge is -2.04. The molecule has 1 amide bonds. The molecule has 4 rings (SSSR count). The van der Waals surface area contributed by atoms with Gasteiger partial charge in [-0.15, -0.1) is 11.3 Å².